The minimum Gasteiger partial charge on any atom is -0.374 e. The maximum atomic E-state index is 13.0. The first kappa shape index (κ1) is 13.5. The Morgan fingerprint density at radius 2 is 2.28 bits per heavy atom. The fourth-order valence-electron chi connectivity index (χ4n) is 1.94. The van der Waals surface area contributed by atoms with Crippen LogP contribution in [-0.2, 0) is 14.8 Å². The average molecular weight is 273 g/mol. The Morgan fingerprint density at radius 1 is 1.50 bits per heavy atom. The zero-order chi connectivity index (χ0) is 13.2. The molecule has 0 spiro atoms. The largest absolute Gasteiger partial charge is 0.374 e. The summed E-state index contributed by atoms with van der Waals surface area (Å²) >= 11 is 0. The zero-order valence-corrected chi connectivity index (χ0v) is 11.0. The maximum Gasteiger partial charge on any atom is 0.240 e. The molecule has 1 unspecified atom stereocenters. The molecule has 0 saturated carbocycles. The lowest BCUT2D eigenvalue weighted by Gasteiger charge is -2.23. The van der Waals surface area contributed by atoms with Crippen LogP contribution in [0.3, 0.4) is 0 Å². The van der Waals surface area contributed by atoms with Crippen molar-refractivity contribution in [3.8, 4) is 0 Å². The van der Waals surface area contributed by atoms with Crippen LogP contribution < -0.4 is 4.72 Å². The second-order valence-electron chi connectivity index (χ2n) is 4.68. The predicted molar refractivity (Wildman–Crippen MR) is 65.2 cm³/mol. The predicted octanol–water partition coefficient (Wildman–Crippen LogP) is 1.67. The molecule has 0 amide bonds. The number of ether oxygens (including phenoxy) is 1. The van der Waals surface area contributed by atoms with Crippen molar-refractivity contribution in [2.75, 3.05) is 13.2 Å². The monoisotopic (exact) mass is 273 g/mol. The molecule has 1 fully saturated rings. The third-order valence-electron chi connectivity index (χ3n) is 3.04. The third-order valence-corrected chi connectivity index (χ3v) is 4.44. The fraction of sp³-hybridized carbons (Fsp3) is 0.500. The van der Waals surface area contributed by atoms with E-state index in [1.807, 2.05) is 6.92 Å². The van der Waals surface area contributed by atoms with E-state index in [9.17, 15) is 12.8 Å². The lowest BCUT2D eigenvalue weighted by Crippen LogP contribution is -2.40. The minimum atomic E-state index is -3.68. The normalized spacial score (nSPS) is 24.3. The molecule has 0 radical (unpaired) electrons. The van der Waals surface area contributed by atoms with Crippen LogP contribution in [0.15, 0.2) is 29.2 Å². The molecular weight excluding hydrogens is 257 g/mol. The van der Waals surface area contributed by atoms with Gasteiger partial charge in [-0.2, -0.15) is 0 Å². The summed E-state index contributed by atoms with van der Waals surface area (Å²) in [6, 6.07) is 4.95. The first-order valence-electron chi connectivity index (χ1n) is 5.81. The van der Waals surface area contributed by atoms with Crippen molar-refractivity contribution in [3.05, 3.63) is 30.1 Å². The highest BCUT2D eigenvalue weighted by Gasteiger charge is 2.31. The Morgan fingerprint density at radius 3 is 2.89 bits per heavy atom. The molecule has 1 aromatic rings. The van der Waals surface area contributed by atoms with Gasteiger partial charge in [0.05, 0.1) is 10.5 Å². The molecule has 1 heterocycles. The fourth-order valence-corrected chi connectivity index (χ4v) is 3.13. The second-order valence-corrected chi connectivity index (χ2v) is 6.45. The van der Waals surface area contributed by atoms with Crippen molar-refractivity contribution in [1.29, 1.82) is 0 Å². The molecular formula is C12H16FNO3S. The van der Waals surface area contributed by atoms with Crippen LogP contribution in [0.1, 0.15) is 19.8 Å². The van der Waals surface area contributed by atoms with E-state index in [0.717, 1.165) is 18.9 Å². The molecule has 1 aliphatic heterocycles. The van der Waals surface area contributed by atoms with Crippen LogP contribution in [0.2, 0.25) is 0 Å². The van der Waals surface area contributed by atoms with Gasteiger partial charge in [-0.25, -0.2) is 17.5 Å². The van der Waals surface area contributed by atoms with Gasteiger partial charge in [0.1, 0.15) is 5.82 Å². The molecule has 18 heavy (non-hydrogen) atoms. The van der Waals surface area contributed by atoms with E-state index in [2.05, 4.69) is 4.72 Å². The van der Waals surface area contributed by atoms with Crippen molar-refractivity contribution < 1.29 is 17.5 Å². The van der Waals surface area contributed by atoms with Crippen LogP contribution in [-0.4, -0.2) is 27.2 Å². The molecule has 0 aliphatic carbocycles. The highest BCUT2D eigenvalue weighted by Crippen LogP contribution is 2.24. The van der Waals surface area contributed by atoms with Crippen molar-refractivity contribution in [1.82, 2.24) is 4.72 Å². The van der Waals surface area contributed by atoms with Gasteiger partial charge in [0, 0.05) is 13.2 Å². The first-order chi connectivity index (χ1) is 8.41. The zero-order valence-electron chi connectivity index (χ0n) is 10.1. The van der Waals surface area contributed by atoms with Gasteiger partial charge >= 0.3 is 0 Å². The van der Waals surface area contributed by atoms with E-state index in [0.29, 0.717) is 6.61 Å². The topological polar surface area (TPSA) is 55.4 Å². The second kappa shape index (κ2) is 4.95. The van der Waals surface area contributed by atoms with Gasteiger partial charge in [0.15, 0.2) is 0 Å². The minimum absolute atomic E-state index is 0.0657. The molecule has 1 N–H and O–H groups in total. The molecule has 100 valence electrons. The van der Waals surface area contributed by atoms with E-state index >= 15 is 0 Å². The SMILES string of the molecule is CC1(CNS(=O)(=O)c2cccc(F)c2)CCCO1. The number of sulfonamides is 1. The Labute approximate surface area is 106 Å². The third kappa shape index (κ3) is 3.07. The molecule has 6 heteroatoms. The van der Waals surface area contributed by atoms with Gasteiger partial charge in [0.2, 0.25) is 10.0 Å². The van der Waals surface area contributed by atoms with E-state index < -0.39 is 21.4 Å². The summed E-state index contributed by atoms with van der Waals surface area (Å²) in [7, 11) is -3.68. The molecule has 0 aromatic heterocycles. The number of hydrogen-bond acceptors (Lipinski definition) is 3. The lowest BCUT2D eigenvalue weighted by molar-refractivity contribution is 0.0250. The van der Waals surface area contributed by atoms with Gasteiger partial charge in [-0.15, -0.1) is 0 Å². The van der Waals surface area contributed by atoms with E-state index in [-0.39, 0.29) is 11.4 Å². The van der Waals surface area contributed by atoms with E-state index in [4.69, 9.17) is 4.74 Å². The number of halogens is 1. The van der Waals surface area contributed by atoms with E-state index in [1.54, 1.807) is 0 Å². The smallest absolute Gasteiger partial charge is 0.240 e. The number of benzene rings is 1. The summed E-state index contributed by atoms with van der Waals surface area (Å²) in [5, 5.41) is 0. The summed E-state index contributed by atoms with van der Waals surface area (Å²) in [4.78, 5) is -0.0657. The van der Waals surface area contributed by atoms with Crippen molar-refractivity contribution in [3.63, 3.8) is 0 Å². The number of hydrogen-bond donors (Lipinski definition) is 1. The van der Waals surface area contributed by atoms with Gasteiger partial charge in [-0.05, 0) is 38.0 Å². The highest BCUT2D eigenvalue weighted by molar-refractivity contribution is 7.89. The van der Waals surface area contributed by atoms with Gasteiger partial charge < -0.3 is 4.74 Å². The quantitative estimate of drug-likeness (QED) is 0.908. The van der Waals surface area contributed by atoms with E-state index in [1.165, 1.54) is 18.2 Å². The Bertz CT molecular complexity index is 524. The van der Waals surface area contributed by atoms with Crippen LogP contribution in [0, 0.1) is 5.82 Å². The summed E-state index contributed by atoms with van der Waals surface area (Å²) in [5.41, 5.74) is -0.458. The van der Waals surface area contributed by atoms with Crippen LogP contribution in [0.5, 0.6) is 0 Å². The molecule has 2 rings (SSSR count). The van der Waals surface area contributed by atoms with Gasteiger partial charge in [-0.1, -0.05) is 6.07 Å². The average Bonchev–Trinajstić information content (AvgIpc) is 2.75. The van der Waals surface area contributed by atoms with Crippen LogP contribution in [0.4, 0.5) is 4.39 Å². The van der Waals surface area contributed by atoms with Crippen LogP contribution in [0.25, 0.3) is 0 Å². The molecule has 1 saturated heterocycles. The van der Waals surface area contributed by atoms with Gasteiger partial charge in [-0.3, -0.25) is 0 Å². The number of rotatable bonds is 4. The molecule has 1 atom stereocenters. The molecule has 4 nitrogen and oxygen atoms in total. The lowest BCUT2D eigenvalue weighted by atomic mass is 10.0. The van der Waals surface area contributed by atoms with Crippen molar-refractivity contribution in [2.24, 2.45) is 0 Å². The standard InChI is InChI=1S/C12H16FNO3S/c1-12(6-3-7-17-12)9-14-18(15,16)11-5-2-4-10(13)8-11/h2,4-5,8,14H,3,6-7,9H2,1H3. The molecule has 0 bridgehead atoms. The van der Waals surface area contributed by atoms with Gasteiger partial charge in [0.25, 0.3) is 0 Å². The summed E-state index contributed by atoms with van der Waals surface area (Å²) < 4.78 is 44.9. The first-order valence-corrected chi connectivity index (χ1v) is 7.29. The van der Waals surface area contributed by atoms with Crippen LogP contribution >= 0.6 is 0 Å². The highest BCUT2D eigenvalue weighted by atomic mass is 32.2. The summed E-state index contributed by atoms with van der Waals surface area (Å²) in [6.45, 7) is 2.72. The summed E-state index contributed by atoms with van der Waals surface area (Å²) in [6.07, 6.45) is 1.75. The molecule has 1 aliphatic rings. The summed E-state index contributed by atoms with van der Waals surface area (Å²) in [5.74, 6) is -0.568. The Balaban J connectivity index is 2.08. The Hall–Kier alpha value is -0.980. The number of nitrogens with one attached hydrogen (secondary N) is 1. The maximum absolute atomic E-state index is 13.0. The Kier molecular flexibility index (Phi) is 3.70. The molecule has 1 aromatic carbocycles. The van der Waals surface area contributed by atoms with Crippen molar-refractivity contribution >= 4 is 10.0 Å². The van der Waals surface area contributed by atoms with Crippen molar-refractivity contribution in [2.45, 2.75) is 30.3 Å².